The summed E-state index contributed by atoms with van der Waals surface area (Å²) in [5.41, 5.74) is 0.624. The molecule has 0 aliphatic carbocycles. The molecule has 0 saturated heterocycles. The van der Waals surface area contributed by atoms with Crippen LogP contribution in [0, 0.1) is 12.7 Å². The molecule has 1 aromatic carbocycles. The van der Waals surface area contributed by atoms with E-state index in [2.05, 4.69) is 4.98 Å². The van der Waals surface area contributed by atoms with Crippen molar-refractivity contribution in [1.29, 1.82) is 0 Å². The number of oxazole rings is 1. The van der Waals surface area contributed by atoms with Gasteiger partial charge in [-0.15, -0.1) is 0 Å². The van der Waals surface area contributed by atoms with Crippen LogP contribution in [-0.2, 0) is 0 Å². The molecule has 0 spiro atoms. The second-order valence-corrected chi connectivity index (χ2v) is 3.29. The fourth-order valence-corrected chi connectivity index (χ4v) is 1.54. The summed E-state index contributed by atoms with van der Waals surface area (Å²) in [5.74, 6) is -1.63. The maximum atomic E-state index is 13.1. The smallest absolute Gasteiger partial charge is 0.336 e. The van der Waals surface area contributed by atoms with E-state index in [1.807, 2.05) is 0 Å². The van der Waals surface area contributed by atoms with Crippen molar-refractivity contribution >= 4 is 5.97 Å². The number of rotatable bonds is 2. The third-order valence-electron chi connectivity index (χ3n) is 2.18. The van der Waals surface area contributed by atoms with Gasteiger partial charge in [0.2, 0.25) is 5.89 Å². The molecule has 0 radical (unpaired) electrons. The average Bonchev–Trinajstić information content (AvgIpc) is 2.69. The topological polar surface area (TPSA) is 63.3 Å². The molecule has 0 aliphatic rings. The van der Waals surface area contributed by atoms with Crippen molar-refractivity contribution in [1.82, 2.24) is 4.98 Å². The second-order valence-electron chi connectivity index (χ2n) is 3.29. The highest BCUT2D eigenvalue weighted by Gasteiger charge is 2.18. The maximum Gasteiger partial charge on any atom is 0.336 e. The molecule has 16 heavy (non-hydrogen) atoms. The third-order valence-corrected chi connectivity index (χ3v) is 2.18. The van der Waals surface area contributed by atoms with E-state index in [1.54, 1.807) is 6.92 Å². The summed E-state index contributed by atoms with van der Waals surface area (Å²) in [4.78, 5) is 14.9. The molecule has 0 unspecified atom stereocenters. The Hall–Kier alpha value is -2.17. The maximum absolute atomic E-state index is 13.1. The van der Waals surface area contributed by atoms with Crippen molar-refractivity contribution in [2.24, 2.45) is 0 Å². The van der Waals surface area contributed by atoms with E-state index < -0.39 is 11.8 Å². The summed E-state index contributed by atoms with van der Waals surface area (Å²) in [6.45, 7) is 1.61. The second kappa shape index (κ2) is 3.77. The molecular formula is C11H8FNO3. The first-order chi connectivity index (χ1) is 7.59. The van der Waals surface area contributed by atoms with E-state index >= 15 is 0 Å². The zero-order valence-corrected chi connectivity index (χ0v) is 8.40. The van der Waals surface area contributed by atoms with Crippen molar-refractivity contribution in [3.05, 3.63) is 41.5 Å². The summed E-state index contributed by atoms with van der Waals surface area (Å²) < 4.78 is 18.1. The number of aromatic carboxylic acids is 1. The van der Waals surface area contributed by atoms with Gasteiger partial charge in [-0.1, -0.05) is 0 Å². The molecule has 0 amide bonds. The Morgan fingerprint density at radius 2 is 2.25 bits per heavy atom. The third kappa shape index (κ3) is 1.67. The van der Waals surface area contributed by atoms with Crippen LogP contribution in [0.2, 0.25) is 0 Å². The standard InChI is InChI=1S/C11H8FNO3/c1-6-4-7(12)5-8(11(14)15)9(6)10-13-2-3-16-10/h2-5H,1H3,(H,14,15). The predicted octanol–water partition coefficient (Wildman–Crippen LogP) is 2.49. The van der Waals surface area contributed by atoms with Gasteiger partial charge < -0.3 is 9.52 Å². The van der Waals surface area contributed by atoms with E-state index in [0.717, 1.165) is 6.07 Å². The molecular weight excluding hydrogens is 213 g/mol. The first-order valence-electron chi connectivity index (χ1n) is 4.53. The normalized spacial score (nSPS) is 10.4. The van der Waals surface area contributed by atoms with Gasteiger partial charge >= 0.3 is 5.97 Å². The summed E-state index contributed by atoms with van der Waals surface area (Å²) in [7, 11) is 0. The molecule has 82 valence electrons. The lowest BCUT2D eigenvalue weighted by Crippen LogP contribution is -2.02. The highest BCUT2D eigenvalue weighted by atomic mass is 19.1. The van der Waals surface area contributed by atoms with Gasteiger partial charge in [-0.05, 0) is 24.6 Å². The van der Waals surface area contributed by atoms with Gasteiger partial charge in [0, 0.05) is 0 Å². The van der Waals surface area contributed by atoms with Crippen LogP contribution in [0.15, 0.2) is 29.0 Å². The zero-order chi connectivity index (χ0) is 11.7. The lowest BCUT2D eigenvalue weighted by atomic mass is 10.0. The molecule has 0 atom stereocenters. The minimum atomic E-state index is -1.21. The Kier molecular flexibility index (Phi) is 2.44. The molecule has 0 aliphatic heterocycles. The van der Waals surface area contributed by atoms with Crippen molar-refractivity contribution in [2.45, 2.75) is 6.92 Å². The first-order valence-corrected chi connectivity index (χ1v) is 4.53. The van der Waals surface area contributed by atoms with E-state index in [0.29, 0.717) is 11.1 Å². The highest BCUT2D eigenvalue weighted by molar-refractivity contribution is 5.95. The number of aromatic nitrogens is 1. The Bertz CT molecular complexity index is 534. The Labute approximate surface area is 90.4 Å². The van der Waals surface area contributed by atoms with Crippen LogP contribution in [0.4, 0.5) is 4.39 Å². The number of carbonyl (C=O) groups is 1. The van der Waals surface area contributed by atoms with E-state index in [9.17, 15) is 9.18 Å². The number of hydrogen-bond donors (Lipinski definition) is 1. The Morgan fingerprint density at radius 1 is 1.50 bits per heavy atom. The van der Waals surface area contributed by atoms with Crippen molar-refractivity contribution in [2.75, 3.05) is 0 Å². The summed E-state index contributed by atoms with van der Waals surface area (Å²) in [5, 5.41) is 8.98. The summed E-state index contributed by atoms with van der Waals surface area (Å²) >= 11 is 0. The van der Waals surface area contributed by atoms with E-state index in [1.165, 1.54) is 18.5 Å². The van der Waals surface area contributed by atoms with Gasteiger partial charge in [-0.25, -0.2) is 14.2 Å². The molecule has 0 bridgehead atoms. The lowest BCUT2D eigenvalue weighted by molar-refractivity contribution is 0.0697. The predicted molar refractivity (Wildman–Crippen MR) is 53.6 cm³/mol. The van der Waals surface area contributed by atoms with Crippen LogP contribution in [0.1, 0.15) is 15.9 Å². The van der Waals surface area contributed by atoms with E-state index in [4.69, 9.17) is 9.52 Å². The number of nitrogens with zero attached hydrogens (tertiary/aromatic N) is 1. The van der Waals surface area contributed by atoms with Crippen LogP contribution in [0.5, 0.6) is 0 Å². The fourth-order valence-electron chi connectivity index (χ4n) is 1.54. The van der Waals surface area contributed by atoms with E-state index in [-0.39, 0.29) is 11.5 Å². The quantitative estimate of drug-likeness (QED) is 0.846. The number of aryl methyl sites for hydroxylation is 1. The fraction of sp³-hybridized carbons (Fsp3) is 0.0909. The largest absolute Gasteiger partial charge is 0.478 e. The first kappa shape index (κ1) is 10.4. The van der Waals surface area contributed by atoms with Crippen molar-refractivity contribution in [3.8, 4) is 11.5 Å². The number of halogens is 1. The van der Waals surface area contributed by atoms with Gasteiger partial charge in [-0.2, -0.15) is 0 Å². The van der Waals surface area contributed by atoms with Gasteiger partial charge in [0.25, 0.3) is 0 Å². The molecule has 0 saturated carbocycles. The zero-order valence-electron chi connectivity index (χ0n) is 8.40. The van der Waals surface area contributed by atoms with Gasteiger partial charge in [0.1, 0.15) is 12.1 Å². The SMILES string of the molecule is Cc1cc(F)cc(C(=O)O)c1-c1ncco1. The Balaban J connectivity index is 2.72. The monoisotopic (exact) mass is 221 g/mol. The molecule has 2 rings (SSSR count). The summed E-state index contributed by atoms with van der Waals surface area (Å²) in [6.07, 6.45) is 2.74. The van der Waals surface area contributed by atoms with Crippen LogP contribution in [-0.4, -0.2) is 16.1 Å². The van der Waals surface area contributed by atoms with Gasteiger partial charge in [0.05, 0.1) is 17.3 Å². The van der Waals surface area contributed by atoms with Crippen LogP contribution < -0.4 is 0 Å². The molecule has 1 N–H and O–H groups in total. The minimum Gasteiger partial charge on any atom is -0.478 e. The van der Waals surface area contributed by atoms with Gasteiger partial charge in [0.15, 0.2) is 0 Å². The molecule has 0 fully saturated rings. The van der Waals surface area contributed by atoms with Crippen LogP contribution >= 0.6 is 0 Å². The van der Waals surface area contributed by atoms with Crippen molar-refractivity contribution in [3.63, 3.8) is 0 Å². The molecule has 5 heteroatoms. The molecule has 1 aromatic heterocycles. The molecule has 2 aromatic rings. The van der Waals surface area contributed by atoms with Crippen molar-refractivity contribution < 1.29 is 18.7 Å². The summed E-state index contributed by atoms with van der Waals surface area (Å²) in [6, 6.07) is 2.20. The number of carboxylic acids is 1. The van der Waals surface area contributed by atoms with Crippen LogP contribution in [0.25, 0.3) is 11.5 Å². The highest BCUT2D eigenvalue weighted by Crippen LogP contribution is 2.27. The van der Waals surface area contributed by atoms with Crippen LogP contribution in [0.3, 0.4) is 0 Å². The molecule has 4 nitrogen and oxygen atoms in total. The minimum absolute atomic E-state index is 0.153. The lowest BCUT2D eigenvalue weighted by Gasteiger charge is -2.06. The molecule has 1 heterocycles. The average molecular weight is 221 g/mol. The number of carboxylic acid groups (broad SMARTS) is 1. The number of hydrogen-bond acceptors (Lipinski definition) is 3. The number of benzene rings is 1. The van der Waals surface area contributed by atoms with Gasteiger partial charge in [-0.3, -0.25) is 0 Å². The Morgan fingerprint density at radius 3 is 2.81 bits per heavy atom.